The minimum Gasteiger partial charge on any atom is -0.363 e. The molecule has 0 spiro atoms. The first-order valence-electron chi connectivity index (χ1n) is 8.99. The quantitative estimate of drug-likeness (QED) is 0.635. The normalized spacial score (nSPS) is 10.8. The number of benzene rings is 1. The predicted octanol–water partition coefficient (Wildman–Crippen LogP) is 2.40. The van der Waals surface area contributed by atoms with Gasteiger partial charge in [0.2, 0.25) is 0 Å². The van der Waals surface area contributed by atoms with Gasteiger partial charge < -0.3 is 10.6 Å². The molecule has 0 aliphatic carbocycles. The number of aromatic amines is 1. The predicted molar refractivity (Wildman–Crippen MR) is 108 cm³/mol. The largest absolute Gasteiger partial charge is 0.363 e. The van der Waals surface area contributed by atoms with Gasteiger partial charge in [-0.15, -0.1) is 0 Å². The number of hydrogen-bond acceptors (Lipinski definition) is 5. The van der Waals surface area contributed by atoms with Crippen LogP contribution in [0.5, 0.6) is 0 Å². The van der Waals surface area contributed by atoms with Crippen molar-refractivity contribution in [3.05, 3.63) is 76.1 Å². The summed E-state index contributed by atoms with van der Waals surface area (Å²) in [6.45, 7) is -0.0950. The molecule has 7 nitrogen and oxygen atoms in total. The Morgan fingerprint density at radius 2 is 2.00 bits per heavy atom. The topological polar surface area (TPSA) is 92.8 Å². The van der Waals surface area contributed by atoms with Gasteiger partial charge in [-0.25, -0.2) is 14.9 Å². The Morgan fingerprint density at radius 3 is 2.62 bits per heavy atom. The van der Waals surface area contributed by atoms with Crippen molar-refractivity contribution in [1.82, 2.24) is 19.7 Å². The second-order valence-corrected chi connectivity index (χ2v) is 6.78. The summed E-state index contributed by atoms with van der Waals surface area (Å²) in [6.07, 6.45) is -0.246. The molecular weight excluding hydrogens is 378 g/mol. The molecule has 3 rings (SSSR count). The highest BCUT2D eigenvalue weighted by molar-refractivity contribution is 5.64. The van der Waals surface area contributed by atoms with Crippen molar-refractivity contribution in [3.8, 4) is 11.1 Å². The summed E-state index contributed by atoms with van der Waals surface area (Å²) >= 11 is 0. The molecule has 0 atom stereocenters. The minimum atomic E-state index is -1.84. The van der Waals surface area contributed by atoms with E-state index in [0.29, 0.717) is 0 Å². The zero-order valence-corrected chi connectivity index (χ0v) is 16.2. The highest BCUT2D eigenvalue weighted by Crippen LogP contribution is 2.22. The first-order valence-corrected chi connectivity index (χ1v) is 8.99. The molecule has 0 saturated heterocycles. The van der Waals surface area contributed by atoms with Crippen molar-refractivity contribution >= 4 is 5.82 Å². The summed E-state index contributed by atoms with van der Waals surface area (Å²) in [5.74, 6) is 1.06. The Balaban J connectivity index is 1.87. The number of hydrogen-bond donors (Lipinski definition) is 2. The highest BCUT2D eigenvalue weighted by Gasteiger charge is 2.14. The van der Waals surface area contributed by atoms with Crippen LogP contribution in [0.15, 0.2) is 59.0 Å². The number of rotatable bonds is 7. The molecule has 0 aliphatic rings. The zero-order chi connectivity index (χ0) is 21.0. The third-order valence-corrected chi connectivity index (χ3v) is 4.53. The van der Waals surface area contributed by atoms with Gasteiger partial charge in [0.05, 0.1) is 6.54 Å². The lowest BCUT2D eigenvalue weighted by atomic mass is 10.0. The lowest BCUT2D eigenvalue weighted by molar-refractivity contribution is 0.407. The lowest BCUT2D eigenvalue weighted by Crippen LogP contribution is -2.20. The molecule has 29 heavy (non-hydrogen) atoms. The van der Waals surface area contributed by atoms with Crippen LogP contribution in [-0.4, -0.2) is 40.4 Å². The maximum atomic E-state index is 12.9. The van der Waals surface area contributed by atoms with Crippen molar-refractivity contribution in [2.75, 3.05) is 25.5 Å². The molecule has 0 amide bonds. The van der Waals surface area contributed by atoms with Gasteiger partial charge in [-0.3, -0.25) is 4.57 Å². The first kappa shape index (κ1) is 20.4. The van der Waals surface area contributed by atoms with Gasteiger partial charge in [-0.2, -0.15) is 13.9 Å². The fraction of sp³-hybridized carbons (Fsp3) is 0.250. The van der Waals surface area contributed by atoms with Crippen molar-refractivity contribution in [2.45, 2.75) is 13.0 Å². The summed E-state index contributed by atoms with van der Waals surface area (Å²) < 4.78 is 27.2. The van der Waals surface area contributed by atoms with Gasteiger partial charge in [0.1, 0.15) is 11.6 Å². The Labute approximate surface area is 166 Å². The Kier molecular flexibility index (Phi) is 6.18. The summed E-state index contributed by atoms with van der Waals surface area (Å²) in [7, 11) is 3.84. The number of nitrogens with one attached hydrogen (secondary N) is 1. The maximum absolute atomic E-state index is 12.9. The smallest absolute Gasteiger partial charge is 0.343 e. The minimum absolute atomic E-state index is 0.187. The molecule has 0 aliphatic heterocycles. The number of halogens is 2. The molecule has 2 aromatic heterocycles. The van der Waals surface area contributed by atoms with E-state index in [1.54, 1.807) is 6.20 Å². The average molecular weight is 400 g/mol. The van der Waals surface area contributed by atoms with Gasteiger partial charge in [-0.1, -0.05) is 18.2 Å². The van der Waals surface area contributed by atoms with E-state index in [-0.39, 0.29) is 30.9 Å². The Hall–Kier alpha value is -3.33. The van der Waals surface area contributed by atoms with Crippen molar-refractivity contribution in [2.24, 2.45) is 5.73 Å². The molecule has 3 aromatic rings. The monoisotopic (exact) mass is 400 g/mol. The van der Waals surface area contributed by atoms with E-state index < -0.39 is 11.8 Å². The van der Waals surface area contributed by atoms with Crippen molar-refractivity contribution in [3.63, 3.8) is 0 Å². The summed E-state index contributed by atoms with van der Waals surface area (Å²) in [5.41, 5.74) is 7.38. The van der Waals surface area contributed by atoms with Crippen LogP contribution in [0.4, 0.5) is 14.6 Å². The first-order chi connectivity index (χ1) is 13.9. The number of anilines is 1. The maximum Gasteiger partial charge on any atom is 0.343 e. The van der Waals surface area contributed by atoms with Crippen molar-refractivity contribution in [1.29, 1.82) is 0 Å². The number of H-pyrrole nitrogens is 1. The van der Waals surface area contributed by atoms with Crippen LogP contribution in [0.3, 0.4) is 0 Å². The average Bonchev–Trinajstić information content (AvgIpc) is 3.05. The molecule has 3 N–H and O–H groups in total. The number of pyridine rings is 1. The van der Waals surface area contributed by atoms with E-state index in [1.165, 1.54) is 4.57 Å². The van der Waals surface area contributed by atoms with Crippen LogP contribution in [0.25, 0.3) is 11.1 Å². The summed E-state index contributed by atoms with van der Waals surface area (Å²) in [6, 6.07) is 11.5. The van der Waals surface area contributed by atoms with Crippen LogP contribution in [0.1, 0.15) is 11.4 Å². The molecular formula is C20H22F2N6O. The molecule has 0 radical (unpaired) electrons. The van der Waals surface area contributed by atoms with E-state index in [0.717, 1.165) is 22.5 Å². The molecule has 9 heteroatoms. The fourth-order valence-corrected chi connectivity index (χ4v) is 2.91. The molecule has 0 saturated carbocycles. The summed E-state index contributed by atoms with van der Waals surface area (Å²) in [5, 5.41) is 6.20. The van der Waals surface area contributed by atoms with E-state index in [2.05, 4.69) is 15.2 Å². The van der Waals surface area contributed by atoms with Gasteiger partial charge in [0.15, 0.2) is 0 Å². The Morgan fingerprint density at radius 1 is 1.21 bits per heavy atom. The second kappa shape index (κ2) is 8.78. The van der Waals surface area contributed by atoms with Gasteiger partial charge in [-0.05, 0) is 29.3 Å². The molecule has 152 valence electrons. The summed E-state index contributed by atoms with van der Waals surface area (Å²) in [4.78, 5) is 18.5. The molecule has 0 bridgehead atoms. The molecule has 2 heterocycles. The van der Waals surface area contributed by atoms with Gasteiger partial charge >= 0.3 is 5.69 Å². The van der Waals surface area contributed by atoms with E-state index >= 15 is 0 Å². The third-order valence-electron chi connectivity index (χ3n) is 4.53. The third kappa shape index (κ3) is 4.75. The fourth-order valence-electron chi connectivity index (χ4n) is 2.91. The SMILES string of the molecule is CN(C)c1ccc(-c2cccc(Cn3c(CC(CN)=C(F)F)n[nH]c3=O)c2)cn1. The van der Waals surface area contributed by atoms with Gasteiger partial charge in [0, 0.05) is 44.4 Å². The van der Waals surface area contributed by atoms with Crippen LogP contribution in [-0.2, 0) is 13.0 Å². The van der Waals surface area contributed by atoms with Crippen LogP contribution in [0.2, 0.25) is 0 Å². The van der Waals surface area contributed by atoms with Crippen LogP contribution >= 0.6 is 0 Å². The van der Waals surface area contributed by atoms with Crippen molar-refractivity contribution < 1.29 is 8.78 Å². The zero-order valence-electron chi connectivity index (χ0n) is 16.2. The highest BCUT2D eigenvalue weighted by atomic mass is 19.3. The number of nitrogens with two attached hydrogens (primary N) is 1. The van der Waals surface area contributed by atoms with Crippen LogP contribution in [0, 0.1) is 0 Å². The Bertz CT molecular complexity index is 1070. The van der Waals surface area contributed by atoms with Crippen LogP contribution < -0.4 is 16.3 Å². The number of aromatic nitrogens is 4. The number of nitrogens with zero attached hydrogens (tertiary/aromatic N) is 4. The van der Waals surface area contributed by atoms with E-state index in [4.69, 9.17) is 5.73 Å². The molecule has 0 fully saturated rings. The van der Waals surface area contributed by atoms with E-state index in [9.17, 15) is 13.6 Å². The van der Waals surface area contributed by atoms with Gasteiger partial charge in [0.25, 0.3) is 6.08 Å². The molecule has 0 unspecified atom stereocenters. The second-order valence-electron chi connectivity index (χ2n) is 6.78. The van der Waals surface area contributed by atoms with E-state index in [1.807, 2.05) is 55.4 Å². The molecule has 1 aromatic carbocycles. The lowest BCUT2D eigenvalue weighted by Gasteiger charge is -2.12. The standard InChI is InChI=1S/C20H22F2N6O/c1-27(2)17-7-6-15(11-24-17)14-5-3-4-13(8-14)12-28-18(25-26-20(28)29)9-16(10-23)19(21)22/h3-8,11H,9-10,12,23H2,1-2H3,(H,26,29).